The number of aliphatic hydroxyl groups excluding tert-OH is 1. The quantitative estimate of drug-likeness (QED) is 0.774. The summed E-state index contributed by atoms with van der Waals surface area (Å²) < 4.78 is 0. The summed E-state index contributed by atoms with van der Waals surface area (Å²) in [7, 11) is 0. The van der Waals surface area contributed by atoms with Crippen LogP contribution in [-0.4, -0.2) is 17.2 Å². The molecule has 4 bridgehead atoms. The van der Waals surface area contributed by atoms with Gasteiger partial charge in [-0.05, 0) is 74.0 Å². The molecule has 5 heteroatoms. The highest BCUT2D eigenvalue weighted by molar-refractivity contribution is 6.42. The summed E-state index contributed by atoms with van der Waals surface area (Å²) in [4.78, 5) is 0. The molecule has 0 aliphatic heterocycles. The third-order valence-corrected chi connectivity index (χ3v) is 6.78. The minimum Gasteiger partial charge on any atom is -0.387 e. The van der Waals surface area contributed by atoms with E-state index in [0.29, 0.717) is 16.6 Å². The summed E-state index contributed by atoms with van der Waals surface area (Å²) in [6.07, 6.45) is 7.69. The van der Waals surface area contributed by atoms with Crippen LogP contribution in [0.25, 0.3) is 0 Å². The Morgan fingerprint density at radius 2 is 1.61 bits per heavy atom. The van der Waals surface area contributed by atoms with E-state index in [4.69, 9.17) is 23.2 Å². The molecule has 1 aromatic rings. The lowest BCUT2D eigenvalue weighted by atomic mass is 9.53. The van der Waals surface area contributed by atoms with Crippen LogP contribution in [0.4, 0.5) is 0 Å². The van der Waals surface area contributed by atoms with Gasteiger partial charge in [0.2, 0.25) is 0 Å². The van der Waals surface area contributed by atoms with Gasteiger partial charge in [-0.3, -0.25) is 0 Å². The number of benzene rings is 1. The summed E-state index contributed by atoms with van der Waals surface area (Å²) in [5.74, 6) is 2.75. The molecule has 0 radical (unpaired) electrons. The highest BCUT2D eigenvalue weighted by Crippen LogP contribution is 2.55. The molecule has 5 rings (SSSR count). The minimum absolute atomic E-state index is 0. The predicted molar refractivity (Wildman–Crippen MR) is 97.6 cm³/mol. The SMILES string of the molecule is Cl.OC(CNC12CC3CC(CC(C3)C1)C2)c1ccc(Cl)c(Cl)c1. The number of aliphatic hydroxyl groups is 1. The van der Waals surface area contributed by atoms with Crippen molar-refractivity contribution in [2.24, 2.45) is 17.8 Å². The second-order valence-corrected chi connectivity index (χ2v) is 8.58. The van der Waals surface area contributed by atoms with Crippen molar-refractivity contribution in [2.75, 3.05) is 6.54 Å². The van der Waals surface area contributed by atoms with E-state index in [-0.39, 0.29) is 17.9 Å². The van der Waals surface area contributed by atoms with E-state index in [9.17, 15) is 5.11 Å². The predicted octanol–water partition coefficient (Wildman–Crippen LogP) is 5.01. The monoisotopic (exact) mass is 375 g/mol. The van der Waals surface area contributed by atoms with Crippen LogP contribution >= 0.6 is 35.6 Å². The van der Waals surface area contributed by atoms with Gasteiger partial charge in [-0.25, -0.2) is 0 Å². The van der Waals surface area contributed by atoms with Crippen molar-refractivity contribution in [3.05, 3.63) is 33.8 Å². The van der Waals surface area contributed by atoms with Crippen LogP contribution in [-0.2, 0) is 0 Å². The van der Waals surface area contributed by atoms with E-state index in [1.165, 1.54) is 38.5 Å². The van der Waals surface area contributed by atoms with E-state index < -0.39 is 6.10 Å². The molecule has 0 amide bonds. The Kier molecular flexibility index (Phi) is 5.21. The van der Waals surface area contributed by atoms with E-state index in [1.807, 2.05) is 6.07 Å². The molecule has 4 fully saturated rings. The lowest BCUT2D eigenvalue weighted by Gasteiger charge is -2.57. The summed E-state index contributed by atoms with van der Waals surface area (Å²) >= 11 is 12.0. The second-order valence-electron chi connectivity index (χ2n) is 7.77. The first-order valence-corrected chi connectivity index (χ1v) is 9.17. The topological polar surface area (TPSA) is 32.3 Å². The number of nitrogens with one attached hydrogen (secondary N) is 1. The third-order valence-electron chi connectivity index (χ3n) is 6.04. The highest BCUT2D eigenvalue weighted by Gasteiger charge is 2.50. The number of rotatable bonds is 4. The van der Waals surface area contributed by atoms with E-state index in [1.54, 1.807) is 12.1 Å². The van der Waals surface area contributed by atoms with Gasteiger partial charge in [0, 0.05) is 12.1 Å². The summed E-state index contributed by atoms with van der Waals surface area (Å²) in [5.41, 5.74) is 1.12. The number of hydrogen-bond donors (Lipinski definition) is 2. The molecule has 0 aromatic heterocycles. The van der Waals surface area contributed by atoms with Gasteiger partial charge < -0.3 is 10.4 Å². The molecule has 1 atom stereocenters. The summed E-state index contributed by atoms with van der Waals surface area (Å²) in [6, 6.07) is 5.39. The molecule has 2 N–H and O–H groups in total. The van der Waals surface area contributed by atoms with Crippen LogP contribution in [0.5, 0.6) is 0 Å². The van der Waals surface area contributed by atoms with Crippen LogP contribution in [0.1, 0.15) is 50.2 Å². The zero-order chi connectivity index (χ0) is 15.3. The molecular formula is C18H24Cl3NO. The van der Waals surface area contributed by atoms with E-state index in [2.05, 4.69) is 5.32 Å². The number of β-amino-alcohol motifs (C(OH)–C–C–N with tert-alkyl or cyclic N) is 1. The molecule has 4 aliphatic carbocycles. The lowest BCUT2D eigenvalue weighted by molar-refractivity contribution is -0.0248. The Morgan fingerprint density at radius 3 is 2.13 bits per heavy atom. The highest BCUT2D eigenvalue weighted by atomic mass is 35.5. The van der Waals surface area contributed by atoms with Crippen LogP contribution < -0.4 is 5.32 Å². The van der Waals surface area contributed by atoms with Crippen molar-refractivity contribution in [1.29, 1.82) is 0 Å². The first kappa shape index (κ1) is 17.8. The Bertz CT molecular complexity index is 542. The average Bonchev–Trinajstić information content (AvgIpc) is 2.46. The minimum atomic E-state index is -0.525. The van der Waals surface area contributed by atoms with E-state index in [0.717, 1.165) is 23.3 Å². The Hall–Kier alpha value is 0.01000. The maximum absolute atomic E-state index is 10.5. The fourth-order valence-electron chi connectivity index (χ4n) is 5.48. The normalized spacial score (nSPS) is 35.9. The number of halogens is 3. The molecule has 0 saturated heterocycles. The Labute approximate surface area is 154 Å². The lowest BCUT2D eigenvalue weighted by Crippen LogP contribution is -2.59. The molecule has 2 nitrogen and oxygen atoms in total. The standard InChI is InChI=1S/C18H23Cl2NO.ClH/c19-15-2-1-14(6-16(15)20)17(22)10-21-18-7-11-3-12(8-18)5-13(4-11)9-18;/h1-2,6,11-13,17,21-22H,3-5,7-10H2;1H. The van der Waals surface area contributed by atoms with E-state index >= 15 is 0 Å². The third kappa shape index (κ3) is 3.52. The molecule has 0 spiro atoms. The first-order valence-electron chi connectivity index (χ1n) is 8.41. The zero-order valence-electron chi connectivity index (χ0n) is 13.1. The van der Waals surface area contributed by atoms with Gasteiger partial charge >= 0.3 is 0 Å². The van der Waals surface area contributed by atoms with Crippen molar-refractivity contribution in [1.82, 2.24) is 5.32 Å². The smallest absolute Gasteiger partial charge is 0.0915 e. The van der Waals surface area contributed by atoms with Crippen LogP contribution in [0.3, 0.4) is 0 Å². The Morgan fingerprint density at radius 1 is 1.04 bits per heavy atom. The van der Waals surface area contributed by atoms with Crippen molar-refractivity contribution in [3.8, 4) is 0 Å². The van der Waals surface area contributed by atoms with Gasteiger partial charge in [0.05, 0.1) is 16.1 Å². The van der Waals surface area contributed by atoms with Gasteiger partial charge in [-0.15, -0.1) is 12.4 Å². The summed E-state index contributed by atoms with van der Waals surface area (Å²) in [6.45, 7) is 0.601. The largest absolute Gasteiger partial charge is 0.387 e. The van der Waals surface area contributed by atoms with Crippen LogP contribution in [0.15, 0.2) is 18.2 Å². The molecule has 128 valence electrons. The van der Waals surface area contributed by atoms with Gasteiger partial charge in [0.15, 0.2) is 0 Å². The maximum atomic E-state index is 10.5. The number of hydrogen-bond acceptors (Lipinski definition) is 2. The van der Waals surface area contributed by atoms with Gasteiger partial charge in [0.25, 0.3) is 0 Å². The van der Waals surface area contributed by atoms with Crippen LogP contribution in [0, 0.1) is 17.8 Å². The van der Waals surface area contributed by atoms with Crippen LogP contribution in [0.2, 0.25) is 10.0 Å². The van der Waals surface area contributed by atoms with Crippen molar-refractivity contribution >= 4 is 35.6 Å². The fourth-order valence-corrected chi connectivity index (χ4v) is 5.78. The fraction of sp³-hybridized carbons (Fsp3) is 0.667. The maximum Gasteiger partial charge on any atom is 0.0915 e. The van der Waals surface area contributed by atoms with Gasteiger partial charge in [-0.2, -0.15) is 0 Å². The molecular weight excluding hydrogens is 353 g/mol. The molecule has 4 saturated carbocycles. The molecule has 1 unspecified atom stereocenters. The Balaban J connectivity index is 0.00000156. The molecule has 1 aromatic carbocycles. The van der Waals surface area contributed by atoms with Crippen molar-refractivity contribution < 1.29 is 5.11 Å². The first-order chi connectivity index (χ1) is 10.5. The summed E-state index contributed by atoms with van der Waals surface area (Å²) in [5, 5.41) is 15.2. The zero-order valence-corrected chi connectivity index (χ0v) is 15.4. The molecule has 4 aliphatic rings. The van der Waals surface area contributed by atoms with Gasteiger partial charge in [0.1, 0.15) is 0 Å². The molecule has 23 heavy (non-hydrogen) atoms. The van der Waals surface area contributed by atoms with Crippen molar-refractivity contribution in [2.45, 2.75) is 50.2 Å². The molecule has 0 heterocycles. The second kappa shape index (κ2) is 6.72. The van der Waals surface area contributed by atoms with Gasteiger partial charge in [-0.1, -0.05) is 29.3 Å². The average molecular weight is 377 g/mol. The van der Waals surface area contributed by atoms with Crippen molar-refractivity contribution in [3.63, 3.8) is 0 Å².